The summed E-state index contributed by atoms with van der Waals surface area (Å²) in [5, 5.41) is 0. The van der Waals surface area contributed by atoms with Crippen molar-refractivity contribution >= 4 is 6.08 Å². The highest BCUT2D eigenvalue weighted by Crippen LogP contribution is 2.04. The highest BCUT2D eigenvalue weighted by atomic mass is 13.9. The zero-order valence-corrected chi connectivity index (χ0v) is 15.1. The average molecular weight is 319 g/mol. The zero-order valence-electron chi connectivity index (χ0n) is 15.1. The van der Waals surface area contributed by atoms with Gasteiger partial charge in [-0.15, -0.1) is 0 Å². The summed E-state index contributed by atoms with van der Waals surface area (Å²) in [6, 6.07) is 10.3. The lowest BCUT2D eigenvalue weighted by molar-refractivity contribution is 1.50. The molecular formula is C23H42. The van der Waals surface area contributed by atoms with Crippen LogP contribution in [0.3, 0.4) is 0 Å². The summed E-state index contributed by atoms with van der Waals surface area (Å²) in [6.45, 7) is 17.7. The minimum atomic E-state index is 0. The summed E-state index contributed by atoms with van der Waals surface area (Å²) in [6.07, 6.45) is 11.9. The van der Waals surface area contributed by atoms with E-state index in [4.69, 9.17) is 0 Å². The Morgan fingerprint density at radius 2 is 1.30 bits per heavy atom. The summed E-state index contributed by atoms with van der Waals surface area (Å²) in [5.41, 5.74) is 2.44. The number of hydrogen-bond donors (Lipinski definition) is 0. The standard InChI is InChI=1S/C15H16.3C2H6.2CH4/c1-3-4-6-9-14(2)12-13-15-10-7-5-8-11-15;3*1-2;;/h3-13H,1H2,2H3;3*1-2H3;2*1H4/b6-4-,13-12+,14-9+;;;;;. The first kappa shape index (κ1) is 32.9. The monoisotopic (exact) mass is 318 g/mol. The molecule has 23 heavy (non-hydrogen) atoms. The second kappa shape index (κ2) is 32.2. The average Bonchev–Trinajstić information content (AvgIpc) is 2.60. The molecule has 0 amide bonds. The molecule has 0 aliphatic carbocycles. The molecule has 134 valence electrons. The Balaban J connectivity index is -0.000000121. The lowest BCUT2D eigenvalue weighted by Crippen LogP contribution is -1.70. The Hall–Kier alpha value is -1.82. The molecule has 0 radical (unpaired) electrons. The van der Waals surface area contributed by atoms with Gasteiger partial charge in [0.05, 0.1) is 0 Å². The van der Waals surface area contributed by atoms with E-state index in [1.807, 2.05) is 71.9 Å². The van der Waals surface area contributed by atoms with Crippen molar-refractivity contribution in [1.82, 2.24) is 0 Å². The Morgan fingerprint density at radius 1 is 0.826 bits per heavy atom. The molecule has 0 saturated heterocycles. The first-order valence-corrected chi connectivity index (χ1v) is 8.02. The Labute approximate surface area is 148 Å². The molecule has 0 unspecified atom stereocenters. The van der Waals surface area contributed by atoms with Crippen molar-refractivity contribution in [2.45, 2.75) is 63.3 Å². The molecule has 0 nitrogen and oxygen atoms in total. The summed E-state index contributed by atoms with van der Waals surface area (Å²) in [4.78, 5) is 0. The molecule has 0 aliphatic rings. The van der Waals surface area contributed by atoms with Gasteiger partial charge >= 0.3 is 0 Å². The highest BCUT2D eigenvalue weighted by molar-refractivity contribution is 5.52. The largest absolute Gasteiger partial charge is 0.0991 e. The lowest BCUT2D eigenvalue weighted by atomic mass is 10.1. The topological polar surface area (TPSA) is 0 Å². The van der Waals surface area contributed by atoms with Crippen LogP contribution in [0.15, 0.2) is 72.9 Å². The van der Waals surface area contributed by atoms with Crippen molar-refractivity contribution in [3.05, 3.63) is 78.4 Å². The molecule has 0 saturated carbocycles. The maximum absolute atomic E-state index is 3.62. The van der Waals surface area contributed by atoms with Gasteiger partial charge in [-0.25, -0.2) is 0 Å². The molecule has 1 aromatic rings. The van der Waals surface area contributed by atoms with E-state index < -0.39 is 0 Å². The van der Waals surface area contributed by atoms with Gasteiger partial charge in [-0.05, 0) is 12.5 Å². The highest BCUT2D eigenvalue weighted by Gasteiger charge is 1.82. The van der Waals surface area contributed by atoms with E-state index in [9.17, 15) is 0 Å². The number of hydrogen-bond acceptors (Lipinski definition) is 0. The number of rotatable bonds is 4. The molecule has 0 aliphatic heterocycles. The van der Waals surface area contributed by atoms with Crippen LogP contribution in [-0.4, -0.2) is 0 Å². The third kappa shape index (κ3) is 25.5. The van der Waals surface area contributed by atoms with E-state index in [2.05, 4.69) is 43.9 Å². The Bertz CT molecular complexity index is 378. The smallest absolute Gasteiger partial charge is 0.0257 e. The summed E-state index contributed by atoms with van der Waals surface area (Å²) in [5.74, 6) is 0. The molecule has 0 bridgehead atoms. The van der Waals surface area contributed by atoms with Gasteiger partial charge in [0.25, 0.3) is 0 Å². The van der Waals surface area contributed by atoms with Crippen LogP contribution < -0.4 is 0 Å². The van der Waals surface area contributed by atoms with Gasteiger partial charge in [0.15, 0.2) is 0 Å². The maximum atomic E-state index is 3.62. The fourth-order valence-electron chi connectivity index (χ4n) is 1.13. The number of allylic oxidation sites excluding steroid dienone is 6. The van der Waals surface area contributed by atoms with Crippen LogP contribution in [-0.2, 0) is 0 Å². The molecule has 1 rings (SSSR count). The zero-order chi connectivity index (χ0) is 16.9. The van der Waals surface area contributed by atoms with E-state index in [0.29, 0.717) is 0 Å². The van der Waals surface area contributed by atoms with Crippen LogP contribution in [0.1, 0.15) is 68.9 Å². The second-order valence-electron chi connectivity index (χ2n) is 3.28. The van der Waals surface area contributed by atoms with E-state index in [0.717, 1.165) is 0 Å². The van der Waals surface area contributed by atoms with Crippen molar-refractivity contribution in [3.63, 3.8) is 0 Å². The predicted octanol–water partition coefficient (Wildman–Crippen LogP) is 8.74. The second-order valence-corrected chi connectivity index (χ2v) is 3.28. The van der Waals surface area contributed by atoms with Gasteiger partial charge in [0, 0.05) is 0 Å². The van der Waals surface area contributed by atoms with E-state index >= 15 is 0 Å². The first-order valence-electron chi connectivity index (χ1n) is 8.02. The van der Waals surface area contributed by atoms with Crippen LogP contribution in [0, 0.1) is 0 Å². The molecule has 0 heteroatoms. The minimum Gasteiger partial charge on any atom is -0.0991 e. The van der Waals surface area contributed by atoms with Crippen molar-refractivity contribution in [3.8, 4) is 0 Å². The summed E-state index contributed by atoms with van der Waals surface area (Å²) < 4.78 is 0. The van der Waals surface area contributed by atoms with Crippen LogP contribution >= 0.6 is 0 Å². The molecule has 0 heterocycles. The van der Waals surface area contributed by atoms with Crippen LogP contribution in [0.25, 0.3) is 6.08 Å². The van der Waals surface area contributed by atoms with Crippen molar-refractivity contribution < 1.29 is 0 Å². The normalized spacial score (nSPS) is 8.91. The fraction of sp³-hybridized carbons (Fsp3) is 0.391. The van der Waals surface area contributed by atoms with E-state index in [-0.39, 0.29) is 14.9 Å². The quantitative estimate of drug-likeness (QED) is 0.487. The predicted molar refractivity (Wildman–Crippen MR) is 116 cm³/mol. The van der Waals surface area contributed by atoms with Crippen LogP contribution in [0.5, 0.6) is 0 Å². The summed E-state index contributed by atoms with van der Waals surface area (Å²) >= 11 is 0. The Morgan fingerprint density at radius 3 is 1.74 bits per heavy atom. The van der Waals surface area contributed by atoms with E-state index in [1.54, 1.807) is 6.08 Å². The van der Waals surface area contributed by atoms with Gasteiger partial charge in [-0.1, -0.05) is 135 Å². The first-order chi connectivity index (χ1) is 10.3. The molecule has 0 fully saturated rings. The molecule has 0 aromatic heterocycles. The van der Waals surface area contributed by atoms with Crippen LogP contribution in [0.2, 0.25) is 0 Å². The van der Waals surface area contributed by atoms with Crippen molar-refractivity contribution in [2.75, 3.05) is 0 Å². The molecular weight excluding hydrogens is 276 g/mol. The third-order valence-electron chi connectivity index (χ3n) is 1.94. The van der Waals surface area contributed by atoms with Crippen molar-refractivity contribution in [2.24, 2.45) is 0 Å². The van der Waals surface area contributed by atoms with Gasteiger partial charge in [-0.2, -0.15) is 0 Å². The maximum Gasteiger partial charge on any atom is -0.0257 e. The Kier molecular flexibility index (Phi) is 46.1. The third-order valence-corrected chi connectivity index (χ3v) is 1.94. The van der Waals surface area contributed by atoms with Gasteiger partial charge in [-0.3, -0.25) is 0 Å². The van der Waals surface area contributed by atoms with E-state index in [1.165, 1.54) is 11.1 Å². The molecule has 0 N–H and O–H groups in total. The van der Waals surface area contributed by atoms with Crippen LogP contribution in [0.4, 0.5) is 0 Å². The van der Waals surface area contributed by atoms with Gasteiger partial charge < -0.3 is 0 Å². The molecule has 0 spiro atoms. The fourth-order valence-corrected chi connectivity index (χ4v) is 1.13. The number of benzene rings is 1. The lowest BCUT2D eigenvalue weighted by Gasteiger charge is -1.91. The molecule has 0 atom stereocenters. The minimum absolute atomic E-state index is 0. The molecule has 1 aromatic carbocycles. The van der Waals surface area contributed by atoms with Crippen molar-refractivity contribution in [1.29, 1.82) is 0 Å². The summed E-state index contributed by atoms with van der Waals surface area (Å²) in [7, 11) is 0. The van der Waals surface area contributed by atoms with Gasteiger partial charge in [0.1, 0.15) is 0 Å². The SMILES string of the molecule is C.C.C=C\C=C/C=C(C)/C=C/c1ccccc1.CC.CC.CC. The van der Waals surface area contributed by atoms with Gasteiger partial charge in [0.2, 0.25) is 0 Å².